The van der Waals surface area contributed by atoms with Gasteiger partial charge in [-0.2, -0.15) is 0 Å². The summed E-state index contributed by atoms with van der Waals surface area (Å²) < 4.78 is 10.6. The molecule has 0 heterocycles. The largest absolute Gasteiger partial charge is 0.493 e. The second kappa shape index (κ2) is 10.7. The summed E-state index contributed by atoms with van der Waals surface area (Å²) in [5, 5.41) is 3.12. The maximum Gasteiger partial charge on any atom is 0.255 e. The molecule has 6 nitrogen and oxygen atoms in total. The normalized spacial score (nSPS) is 12.0. The maximum absolute atomic E-state index is 12.9. The lowest BCUT2D eigenvalue weighted by Gasteiger charge is -2.23. The summed E-state index contributed by atoms with van der Waals surface area (Å²) in [4.78, 5) is 23.8. The van der Waals surface area contributed by atoms with Crippen LogP contribution in [0.4, 0.5) is 0 Å². The summed E-state index contributed by atoms with van der Waals surface area (Å²) >= 11 is 0. The van der Waals surface area contributed by atoms with E-state index in [2.05, 4.69) is 57.3 Å². The van der Waals surface area contributed by atoms with Crippen molar-refractivity contribution in [3.8, 4) is 11.5 Å². The summed E-state index contributed by atoms with van der Waals surface area (Å²) in [7, 11) is 1.48. The van der Waals surface area contributed by atoms with E-state index >= 15 is 0 Å². The molecule has 6 heteroatoms. The molecule has 0 aliphatic carbocycles. The van der Waals surface area contributed by atoms with Gasteiger partial charge >= 0.3 is 0 Å². The summed E-state index contributed by atoms with van der Waals surface area (Å²) in [6.07, 6.45) is 1.03. The van der Waals surface area contributed by atoms with Gasteiger partial charge in [-0.05, 0) is 47.6 Å². The Balaban J connectivity index is 2.17. The first-order valence-electron chi connectivity index (χ1n) is 10.2. The van der Waals surface area contributed by atoms with Crippen LogP contribution in [0.25, 0.3) is 0 Å². The van der Waals surface area contributed by atoms with Crippen LogP contribution in [0.15, 0.2) is 42.5 Å². The summed E-state index contributed by atoms with van der Waals surface area (Å²) in [5.41, 5.74) is 7.92. The molecule has 0 aliphatic heterocycles. The molecule has 3 N–H and O–H groups in total. The molecular weight excluding hydrogens is 380 g/mol. The van der Waals surface area contributed by atoms with Crippen molar-refractivity contribution in [2.24, 2.45) is 17.6 Å². The van der Waals surface area contributed by atoms with E-state index in [1.54, 1.807) is 18.2 Å². The zero-order valence-electron chi connectivity index (χ0n) is 18.4. The van der Waals surface area contributed by atoms with E-state index < -0.39 is 5.91 Å². The molecule has 0 aromatic heterocycles. The molecular formula is C24H32N2O4. The van der Waals surface area contributed by atoms with Crippen molar-refractivity contribution in [3.05, 3.63) is 59.2 Å². The summed E-state index contributed by atoms with van der Waals surface area (Å²) in [5.74, 6) is 0.737. The standard InChI is InChI=1S/C24H32N2O4/c1-15(2)12-17-6-8-18(9-7-17)23(16(3)4)26-24(28)19-10-11-20(21(13-19)29-5)30-14-22(25)27/h6-11,13,15-16,23H,12,14H2,1-5H3,(H2,25,27)(H,26,28). The Kier molecular flexibility index (Phi) is 8.27. The fourth-order valence-electron chi connectivity index (χ4n) is 3.27. The smallest absolute Gasteiger partial charge is 0.255 e. The monoisotopic (exact) mass is 412 g/mol. The maximum atomic E-state index is 12.9. The number of carbonyl (C=O) groups is 2. The van der Waals surface area contributed by atoms with Crippen molar-refractivity contribution >= 4 is 11.8 Å². The highest BCUT2D eigenvalue weighted by Gasteiger charge is 2.20. The number of rotatable bonds is 10. The summed E-state index contributed by atoms with van der Waals surface area (Å²) in [6.45, 7) is 8.29. The van der Waals surface area contributed by atoms with Crippen LogP contribution in [0.2, 0.25) is 0 Å². The van der Waals surface area contributed by atoms with Crippen LogP contribution in [0, 0.1) is 11.8 Å². The number of nitrogens with two attached hydrogens (primary N) is 1. The molecule has 0 saturated carbocycles. The molecule has 0 fully saturated rings. The zero-order chi connectivity index (χ0) is 22.3. The number of hydrogen-bond donors (Lipinski definition) is 2. The van der Waals surface area contributed by atoms with Gasteiger partial charge in [0.2, 0.25) is 0 Å². The second-order valence-corrected chi connectivity index (χ2v) is 8.16. The van der Waals surface area contributed by atoms with Crippen molar-refractivity contribution in [3.63, 3.8) is 0 Å². The van der Waals surface area contributed by atoms with Crippen molar-refractivity contribution in [2.45, 2.75) is 40.2 Å². The highest BCUT2D eigenvalue weighted by molar-refractivity contribution is 5.95. The van der Waals surface area contributed by atoms with Gasteiger partial charge < -0.3 is 20.5 Å². The molecule has 0 saturated heterocycles. The van der Waals surface area contributed by atoms with Crippen LogP contribution in [0.5, 0.6) is 11.5 Å². The van der Waals surface area contributed by atoms with Crippen molar-refractivity contribution < 1.29 is 19.1 Å². The van der Waals surface area contributed by atoms with Gasteiger partial charge in [0, 0.05) is 5.56 Å². The Bertz CT molecular complexity index is 860. The third-order valence-corrected chi connectivity index (χ3v) is 4.73. The molecule has 30 heavy (non-hydrogen) atoms. The van der Waals surface area contributed by atoms with Gasteiger partial charge in [-0.3, -0.25) is 9.59 Å². The minimum absolute atomic E-state index is 0.123. The van der Waals surface area contributed by atoms with Gasteiger partial charge in [-0.1, -0.05) is 52.0 Å². The van der Waals surface area contributed by atoms with E-state index in [-0.39, 0.29) is 24.5 Å². The molecule has 0 radical (unpaired) electrons. The number of nitrogens with one attached hydrogen (secondary N) is 1. The van der Waals surface area contributed by atoms with Crippen LogP contribution in [-0.2, 0) is 11.2 Å². The molecule has 1 atom stereocenters. The van der Waals surface area contributed by atoms with Crippen LogP contribution < -0.4 is 20.5 Å². The predicted molar refractivity (Wildman–Crippen MR) is 118 cm³/mol. The van der Waals surface area contributed by atoms with Crippen LogP contribution in [0.3, 0.4) is 0 Å². The van der Waals surface area contributed by atoms with Crippen LogP contribution in [-0.4, -0.2) is 25.5 Å². The average Bonchev–Trinajstić information content (AvgIpc) is 2.70. The molecule has 0 bridgehead atoms. The SMILES string of the molecule is COc1cc(C(=O)NC(c2ccc(CC(C)C)cc2)C(C)C)ccc1OCC(N)=O. The molecule has 1 unspecified atom stereocenters. The Morgan fingerprint density at radius 3 is 2.20 bits per heavy atom. The van der Waals surface area contributed by atoms with E-state index in [1.807, 2.05) is 0 Å². The van der Waals surface area contributed by atoms with E-state index in [0.717, 1.165) is 12.0 Å². The third-order valence-electron chi connectivity index (χ3n) is 4.73. The fourth-order valence-corrected chi connectivity index (χ4v) is 3.27. The highest BCUT2D eigenvalue weighted by atomic mass is 16.5. The zero-order valence-corrected chi connectivity index (χ0v) is 18.4. The van der Waals surface area contributed by atoms with Gasteiger partial charge in [0.15, 0.2) is 18.1 Å². The molecule has 2 aromatic carbocycles. The molecule has 2 aromatic rings. The van der Waals surface area contributed by atoms with Gasteiger partial charge in [0.05, 0.1) is 13.2 Å². The van der Waals surface area contributed by atoms with Crippen molar-refractivity contribution in [2.75, 3.05) is 13.7 Å². The van der Waals surface area contributed by atoms with Gasteiger partial charge in [0.25, 0.3) is 11.8 Å². The van der Waals surface area contributed by atoms with E-state index in [0.29, 0.717) is 23.0 Å². The van der Waals surface area contributed by atoms with Crippen LogP contribution >= 0.6 is 0 Å². The van der Waals surface area contributed by atoms with Gasteiger partial charge in [0.1, 0.15) is 0 Å². The molecule has 2 rings (SSSR count). The molecule has 0 spiro atoms. The van der Waals surface area contributed by atoms with Crippen molar-refractivity contribution in [1.82, 2.24) is 5.32 Å². The van der Waals surface area contributed by atoms with Crippen LogP contribution in [0.1, 0.15) is 55.2 Å². The molecule has 2 amide bonds. The number of ether oxygens (including phenoxy) is 2. The predicted octanol–water partition coefficient (Wildman–Crippen LogP) is 3.88. The first kappa shape index (κ1) is 23.3. The lowest BCUT2D eigenvalue weighted by molar-refractivity contribution is -0.119. The lowest BCUT2D eigenvalue weighted by atomic mass is 9.93. The second-order valence-electron chi connectivity index (χ2n) is 8.16. The Morgan fingerprint density at radius 2 is 1.67 bits per heavy atom. The quantitative estimate of drug-likeness (QED) is 0.619. The number of carbonyl (C=O) groups excluding carboxylic acids is 2. The third kappa shape index (κ3) is 6.51. The fraction of sp³-hybridized carbons (Fsp3) is 0.417. The molecule has 0 aliphatic rings. The Labute approximate surface area is 178 Å². The first-order valence-corrected chi connectivity index (χ1v) is 10.2. The number of benzene rings is 2. The average molecular weight is 413 g/mol. The number of amides is 2. The highest BCUT2D eigenvalue weighted by Crippen LogP contribution is 2.29. The van der Waals surface area contributed by atoms with E-state index in [1.165, 1.54) is 12.7 Å². The van der Waals surface area contributed by atoms with E-state index in [4.69, 9.17) is 15.2 Å². The van der Waals surface area contributed by atoms with Gasteiger partial charge in [-0.25, -0.2) is 0 Å². The Hall–Kier alpha value is -3.02. The Morgan fingerprint density at radius 1 is 1.00 bits per heavy atom. The topological polar surface area (TPSA) is 90.7 Å². The minimum Gasteiger partial charge on any atom is -0.493 e. The lowest BCUT2D eigenvalue weighted by Crippen LogP contribution is -2.31. The number of primary amides is 1. The van der Waals surface area contributed by atoms with E-state index in [9.17, 15) is 9.59 Å². The van der Waals surface area contributed by atoms with Crippen molar-refractivity contribution in [1.29, 1.82) is 0 Å². The summed E-state index contributed by atoms with van der Waals surface area (Å²) in [6, 6.07) is 13.1. The number of hydrogen-bond acceptors (Lipinski definition) is 4. The minimum atomic E-state index is -0.585. The first-order chi connectivity index (χ1) is 14.2. The number of methoxy groups -OCH3 is 1. The van der Waals surface area contributed by atoms with Gasteiger partial charge in [-0.15, -0.1) is 0 Å². The molecule has 162 valence electrons.